The van der Waals surface area contributed by atoms with Crippen molar-refractivity contribution in [2.45, 2.75) is 160 Å². The molecule has 6 aromatic rings. The summed E-state index contributed by atoms with van der Waals surface area (Å²) in [4.78, 5) is 0. The monoisotopic (exact) mass is 1210 g/mol. The predicted molar refractivity (Wildman–Crippen MR) is 331 cm³/mol. The van der Waals surface area contributed by atoms with E-state index >= 15 is 0 Å². The Balaban J connectivity index is 1.21. The fourth-order valence-corrected chi connectivity index (χ4v) is 10.5. The van der Waals surface area contributed by atoms with Crippen molar-refractivity contribution in [2.75, 3.05) is 55.9 Å². The van der Waals surface area contributed by atoms with Gasteiger partial charge >= 0.3 is 0 Å². The zero-order valence-corrected chi connectivity index (χ0v) is 52.1. The molecule has 0 saturated carbocycles. The SMILES string of the molecule is CC#CCCCCCC[C@H](C)O[C@@H]1O[C@H](COCc2ccc(OC)cc2)[C@@H](OCc2ccc(OC)cc2)[C@H](OCc2ccc(OC)cc2)[C@H]1O[C@@H]1O[C@H](CO)[C@@H](OCc2ccc(OC)cc2)[C@H](OCc2ccc(OC)cc2)[C@H]1OCc1ccc(OC)cc1. The van der Waals surface area contributed by atoms with Crippen LogP contribution in [0, 0.1) is 11.8 Å². The van der Waals surface area contributed by atoms with Gasteiger partial charge in [-0.05, 0) is 133 Å². The van der Waals surface area contributed by atoms with E-state index in [1.165, 1.54) is 0 Å². The van der Waals surface area contributed by atoms with Gasteiger partial charge < -0.3 is 80.9 Å². The normalized spacial score (nSPS) is 22.0. The van der Waals surface area contributed by atoms with Crippen molar-refractivity contribution in [3.8, 4) is 46.3 Å². The van der Waals surface area contributed by atoms with Gasteiger partial charge in [-0.3, -0.25) is 0 Å². The molecule has 2 aliphatic heterocycles. The van der Waals surface area contributed by atoms with E-state index in [0.29, 0.717) is 28.7 Å². The maximum atomic E-state index is 11.5. The van der Waals surface area contributed by atoms with E-state index in [2.05, 4.69) is 11.8 Å². The zero-order valence-electron chi connectivity index (χ0n) is 52.1. The van der Waals surface area contributed by atoms with Crippen LogP contribution in [0.4, 0.5) is 0 Å². The number of aliphatic hydroxyl groups is 1. The lowest BCUT2D eigenvalue weighted by atomic mass is 9.96. The van der Waals surface area contributed by atoms with Gasteiger partial charge in [-0.1, -0.05) is 92.1 Å². The first-order chi connectivity index (χ1) is 43.1. The fourth-order valence-electron chi connectivity index (χ4n) is 10.5. The molecule has 2 heterocycles. The first-order valence-corrected chi connectivity index (χ1v) is 30.2. The summed E-state index contributed by atoms with van der Waals surface area (Å²) in [7, 11) is 9.78. The van der Waals surface area contributed by atoms with E-state index in [4.69, 9.17) is 75.8 Å². The van der Waals surface area contributed by atoms with E-state index in [1.54, 1.807) is 42.7 Å². The van der Waals surface area contributed by atoms with Crippen LogP contribution in [0.1, 0.15) is 85.8 Å². The Morgan fingerprint density at radius 1 is 0.398 bits per heavy atom. The Hall–Kier alpha value is -6.76. The quantitative estimate of drug-likeness (QED) is 0.0291. The summed E-state index contributed by atoms with van der Waals surface area (Å²) in [5, 5.41) is 11.5. The van der Waals surface area contributed by atoms with Crippen molar-refractivity contribution in [1.29, 1.82) is 0 Å². The molecule has 0 aromatic heterocycles. The lowest BCUT2D eigenvalue weighted by molar-refractivity contribution is -0.386. The van der Waals surface area contributed by atoms with Gasteiger partial charge in [-0.2, -0.15) is 0 Å². The summed E-state index contributed by atoms with van der Waals surface area (Å²) in [5.74, 6) is 10.4. The van der Waals surface area contributed by atoms with Crippen molar-refractivity contribution in [3.05, 3.63) is 179 Å². The summed E-state index contributed by atoms with van der Waals surface area (Å²) >= 11 is 0. The first kappa shape index (κ1) is 67.2. The summed E-state index contributed by atoms with van der Waals surface area (Å²) in [6, 6.07) is 46.0. The molecule has 2 fully saturated rings. The Bertz CT molecular complexity index is 2950. The standard InChI is InChI=1S/C71H88O17/c1-9-10-11-12-13-14-15-16-49(2)85-71-69(67(83-46-54-25-37-60(77-7)38-26-54)65(81-44-52-21-33-58(75-5)34-22-52)63(87-71)48-79-42-50-17-29-56(73-3)30-18-50)88-70-68(84-47-55-27-39-61(78-8)40-28-55)66(82-45-53-23-35-59(76-6)36-24-53)64(62(41-72)86-70)80-43-51-19-31-57(74-4)32-20-51/h17-40,49,62-72H,11-16,41-48H2,1-8H3/t49-,62+,63+,64+,65+,66-,67-,68+,69+,70-,71+/m0/s1. The molecule has 2 saturated heterocycles. The lowest BCUT2D eigenvalue weighted by Crippen LogP contribution is -2.66. The molecule has 6 aromatic carbocycles. The molecule has 0 radical (unpaired) electrons. The number of rotatable bonds is 36. The molecular weight excluding hydrogens is 1120 g/mol. The molecule has 11 atom stereocenters. The van der Waals surface area contributed by atoms with E-state index in [1.807, 2.05) is 159 Å². The number of benzene rings is 6. The Kier molecular flexibility index (Phi) is 27.5. The van der Waals surface area contributed by atoms with Gasteiger partial charge in [0.25, 0.3) is 0 Å². The minimum Gasteiger partial charge on any atom is -0.497 e. The first-order valence-electron chi connectivity index (χ1n) is 30.2. The smallest absolute Gasteiger partial charge is 0.187 e. The second kappa shape index (κ2) is 36.0. The van der Waals surface area contributed by atoms with Crippen LogP contribution in [0.3, 0.4) is 0 Å². The van der Waals surface area contributed by atoms with Crippen LogP contribution >= 0.6 is 0 Å². The fraction of sp³-hybridized carbons (Fsp3) is 0.465. The van der Waals surface area contributed by atoms with Crippen LogP contribution < -0.4 is 28.4 Å². The molecule has 0 unspecified atom stereocenters. The minimum atomic E-state index is -1.28. The highest BCUT2D eigenvalue weighted by Gasteiger charge is 2.55. The third kappa shape index (κ3) is 20.1. The van der Waals surface area contributed by atoms with Crippen molar-refractivity contribution in [3.63, 3.8) is 0 Å². The highest BCUT2D eigenvalue weighted by Crippen LogP contribution is 2.38. The molecular formula is C71H88O17. The second-order valence-electron chi connectivity index (χ2n) is 21.7. The molecule has 17 nitrogen and oxygen atoms in total. The van der Waals surface area contributed by atoms with Crippen molar-refractivity contribution < 1.29 is 80.9 Å². The summed E-state index contributed by atoms with van der Waals surface area (Å²) < 4.78 is 104. The van der Waals surface area contributed by atoms with E-state index in [0.717, 1.165) is 77.7 Å². The largest absolute Gasteiger partial charge is 0.497 e. The van der Waals surface area contributed by atoms with Gasteiger partial charge in [0.2, 0.25) is 0 Å². The van der Waals surface area contributed by atoms with Gasteiger partial charge in [-0.15, -0.1) is 11.8 Å². The van der Waals surface area contributed by atoms with Crippen molar-refractivity contribution in [2.24, 2.45) is 0 Å². The molecule has 474 valence electrons. The van der Waals surface area contributed by atoms with Crippen LogP contribution in [-0.2, 0) is 87.0 Å². The molecule has 0 bridgehead atoms. The number of hydrogen-bond acceptors (Lipinski definition) is 17. The average molecular weight is 1210 g/mol. The third-order valence-corrected chi connectivity index (χ3v) is 15.6. The van der Waals surface area contributed by atoms with Crippen LogP contribution in [0.2, 0.25) is 0 Å². The number of aliphatic hydroxyl groups excluding tert-OH is 1. The highest BCUT2D eigenvalue weighted by atomic mass is 16.8. The maximum Gasteiger partial charge on any atom is 0.187 e. The van der Waals surface area contributed by atoms with E-state index in [-0.39, 0.29) is 52.4 Å². The van der Waals surface area contributed by atoms with Crippen molar-refractivity contribution in [1.82, 2.24) is 0 Å². The molecule has 0 amide bonds. The van der Waals surface area contributed by atoms with Gasteiger partial charge in [-0.25, -0.2) is 0 Å². The average Bonchev–Trinajstić information content (AvgIpc) is 2.60. The van der Waals surface area contributed by atoms with Gasteiger partial charge in [0.15, 0.2) is 12.6 Å². The van der Waals surface area contributed by atoms with Crippen LogP contribution in [0.25, 0.3) is 0 Å². The highest BCUT2D eigenvalue weighted by molar-refractivity contribution is 5.31. The summed E-state index contributed by atoms with van der Waals surface area (Å²) in [6.07, 6.45) is -4.66. The molecule has 0 spiro atoms. The summed E-state index contributed by atoms with van der Waals surface area (Å²) in [6.45, 7) is 4.44. The summed E-state index contributed by atoms with van der Waals surface area (Å²) in [5.41, 5.74) is 5.24. The minimum absolute atomic E-state index is 0.0813. The molecule has 2 aliphatic rings. The molecule has 0 aliphatic carbocycles. The number of ether oxygens (including phenoxy) is 16. The van der Waals surface area contributed by atoms with Gasteiger partial charge in [0, 0.05) is 6.42 Å². The van der Waals surface area contributed by atoms with Gasteiger partial charge in [0.05, 0.1) is 102 Å². The van der Waals surface area contributed by atoms with E-state index < -0.39 is 68.0 Å². The Morgan fingerprint density at radius 2 is 0.739 bits per heavy atom. The lowest BCUT2D eigenvalue weighted by Gasteiger charge is -2.50. The Labute approximate surface area is 519 Å². The second-order valence-corrected chi connectivity index (χ2v) is 21.7. The van der Waals surface area contributed by atoms with Gasteiger partial charge in [0.1, 0.15) is 83.3 Å². The molecule has 17 heteroatoms. The van der Waals surface area contributed by atoms with E-state index in [9.17, 15) is 5.11 Å². The molecule has 8 rings (SSSR count). The molecule has 1 N–H and O–H groups in total. The zero-order chi connectivity index (χ0) is 61.9. The number of hydrogen-bond donors (Lipinski definition) is 1. The number of methoxy groups -OCH3 is 6. The van der Waals surface area contributed by atoms with Crippen molar-refractivity contribution >= 4 is 0 Å². The van der Waals surface area contributed by atoms with Crippen LogP contribution in [0.15, 0.2) is 146 Å². The van der Waals surface area contributed by atoms with Crippen LogP contribution in [-0.4, -0.2) is 128 Å². The molecule has 88 heavy (non-hydrogen) atoms. The number of unbranched alkanes of at least 4 members (excludes halogenated alkanes) is 4. The predicted octanol–water partition coefficient (Wildman–Crippen LogP) is 11.8. The van der Waals surface area contributed by atoms with Crippen LogP contribution in [0.5, 0.6) is 34.5 Å². The third-order valence-electron chi connectivity index (χ3n) is 15.6. The Morgan fingerprint density at radius 3 is 1.12 bits per heavy atom. The topological polar surface area (TPSA) is 168 Å². The maximum absolute atomic E-state index is 11.5.